The van der Waals surface area contributed by atoms with Gasteiger partial charge in [-0.2, -0.15) is 0 Å². The number of aromatic amines is 1. The van der Waals surface area contributed by atoms with Gasteiger partial charge in [0.1, 0.15) is 0 Å². The van der Waals surface area contributed by atoms with E-state index in [1.165, 1.54) is 24.8 Å². The van der Waals surface area contributed by atoms with Crippen LogP contribution in [0.3, 0.4) is 0 Å². The van der Waals surface area contributed by atoms with Crippen LogP contribution in [0.1, 0.15) is 30.9 Å². The number of hydrogen-bond donors (Lipinski definition) is 2. The van der Waals surface area contributed by atoms with Crippen LogP contribution in [0.25, 0.3) is 11.0 Å². The highest BCUT2D eigenvalue weighted by atomic mass is 14.9. The van der Waals surface area contributed by atoms with Gasteiger partial charge in [0, 0.05) is 6.04 Å². The smallest absolute Gasteiger partial charge is 0.0931 e. The molecule has 0 radical (unpaired) electrons. The molecule has 1 fully saturated rings. The second-order valence-electron chi connectivity index (χ2n) is 4.18. The average molecular weight is 201 g/mol. The van der Waals surface area contributed by atoms with E-state index in [-0.39, 0.29) is 0 Å². The minimum atomic E-state index is 0.534. The molecule has 2 aromatic rings. The number of nitrogens with one attached hydrogen (secondary N) is 2. The first-order chi connectivity index (χ1) is 7.43. The molecule has 0 spiro atoms. The summed E-state index contributed by atoms with van der Waals surface area (Å²) >= 11 is 0. The van der Waals surface area contributed by atoms with Crippen LogP contribution in [0.2, 0.25) is 0 Å². The van der Waals surface area contributed by atoms with Crippen molar-refractivity contribution >= 4 is 11.0 Å². The molecule has 78 valence electrons. The second-order valence-corrected chi connectivity index (χ2v) is 4.18. The molecule has 2 heterocycles. The van der Waals surface area contributed by atoms with E-state index in [9.17, 15) is 0 Å². The van der Waals surface area contributed by atoms with Crippen LogP contribution < -0.4 is 5.32 Å². The maximum atomic E-state index is 4.23. The molecule has 1 atom stereocenters. The predicted molar refractivity (Wildman–Crippen MR) is 60.7 cm³/mol. The Morgan fingerprint density at radius 3 is 3.13 bits per heavy atom. The van der Waals surface area contributed by atoms with Crippen LogP contribution in [0.5, 0.6) is 0 Å². The van der Waals surface area contributed by atoms with Crippen LogP contribution in [0.4, 0.5) is 0 Å². The molecule has 15 heavy (non-hydrogen) atoms. The SMILES string of the molecule is c1nc2ccc(C3CCCCN3)cc2[nH]1. The number of hydrogen-bond acceptors (Lipinski definition) is 2. The lowest BCUT2D eigenvalue weighted by Crippen LogP contribution is -2.26. The number of fused-ring (bicyclic) bond motifs is 1. The van der Waals surface area contributed by atoms with Crippen LogP contribution in [-0.2, 0) is 0 Å². The molecule has 1 saturated heterocycles. The van der Waals surface area contributed by atoms with Crippen molar-refractivity contribution in [1.29, 1.82) is 0 Å². The fourth-order valence-corrected chi connectivity index (χ4v) is 2.31. The average Bonchev–Trinajstić information content (AvgIpc) is 2.77. The first kappa shape index (κ1) is 8.92. The normalized spacial score (nSPS) is 22.0. The van der Waals surface area contributed by atoms with Crippen LogP contribution in [0.15, 0.2) is 24.5 Å². The minimum Gasteiger partial charge on any atom is -0.345 e. The van der Waals surface area contributed by atoms with Gasteiger partial charge in [0.2, 0.25) is 0 Å². The number of nitrogens with zero attached hydrogens (tertiary/aromatic N) is 1. The van der Waals surface area contributed by atoms with Gasteiger partial charge in [0.05, 0.1) is 17.4 Å². The Hall–Kier alpha value is -1.35. The fourth-order valence-electron chi connectivity index (χ4n) is 2.31. The molecule has 0 bridgehead atoms. The van der Waals surface area contributed by atoms with Crippen LogP contribution >= 0.6 is 0 Å². The maximum Gasteiger partial charge on any atom is 0.0931 e. The first-order valence-electron chi connectivity index (χ1n) is 5.60. The number of piperidine rings is 1. The summed E-state index contributed by atoms with van der Waals surface area (Å²) in [4.78, 5) is 7.39. The van der Waals surface area contributed by atoms with E-state index in [1.54, 1.807) is 6.33 Å². The van der Waals surface area contributed by atoms with E-state index in [4.69, 9.17) is 0 Å². The third-order valence-corrected chi connectivity index (χ3v) is 3.16. The molecule has 1 aromatic heterocycles. The lowest BCUT2D eigenvalue weighted by atomic mass is 9.97. The predicted octanol–water partition coefficient (Wildman–Crippen LogP) is 2.38. The first-order valence-corrected chi connectivity index (χ1v) is 5.60. The van der Waals surface area contributed by atoms with E-state index >= 15 is 0 Å². The molecule has 0 aliphatic carbocycles. The zero-order valence-electron chi connectivity index (χ0n) is 8.66. The number of benzene rings is 1. The van der Waals surface area contributed by atoms with Crippen molar-refractivity contribution in [1.82, 2.24) is 15.3 Å². The number of imidazole rings is 1. The Morgan fingerprint density at radius 2 is 2.27 bits per heavy atom. The monoisotopic (exact) mass is 201 g/mol. The molecule has 0 amide bonds. The molecule has 1 aliphatic rings. The summed E-state index contributed by atoms with van der Waals surface area (Å²) < 4.78 is 0. The molecule has 3 rings (SSSR count). The maximum absolute atomic E-state index is 4.23. The van der Waals surface area contributed by atoms with Gasteiger partial charge in [-0.05, 0) is 37.1 Å². The standard InChI is InChI=1S/C12H15N3/c1-2-6-13-10(3-1)9-4-5-11-12(7-9)15-8-14-11/h4-5,7-8,10,13H,1-3,6H2,(H,14,15). The van der Waals surface area contributed by atoms with E-state index < -0.39 is 0 Å². The molecule has 0 saturated carbocycles. The quantitative estimate of drug-likeness (QED) is 0.743. The van der Waals surface area contributed by atoms with Crippen molar-refractivity contribution in [2.24, 2.45) is 0 Å². The van der Waals surface area contributed by atoms with Crippen LogP contribution in [-0.4, -0.2) is 16.5 Å². The Bertz CT molecular complexity index is 455. The van der Waals surface area contributed by atoms with Crippen molar-refractivity contribution in [2.75, 3.05) is 6.54 Å². The summed E-state index contributed by atoms with van der Waals surface area (Å²) in [5.41, 5.74) is 3.57. The number of H-pyrrole nitrogens is 1. The van der Waals surface area contributed by atoms with Crippen molar-refractivity contribution in [2.45, 2.75) is 25.3 Å². The van der Waals surface area contributed by atoms with Crippen molar-refractivity contribution in [3.8, 4) is 0 Å². The van der Waals surface area contributed by atoms with Gasteiger partial charge in [0.15, 0.2) is 0 Å². The summed E-state index contributed by atoms with van der Waals surface area (Å²) in [5, 5.41) is 3.56. The highest BCUT2D eigenvalue weighted by molar-refractivity contribution is 5.75. The zero-order valence-corrected chi connectivity index (χ0v) is 8.66. The highest BCUT2D eigenvalue weighted by Gasteiger charge is 2.14. The van der Waals surface area contributed by atoms with E-state index in [0.29, 0.717) is 6.04 Å². The fraction of sp³-hybridized carbons (Fsp3) is 0.417. The molecule has 3 nitrogen and oxygen atoms in total. The molecule has 1 aliphatic heterocycles. The molecule has 1 unspecified atom stereocenters. The van der Waals surface area contributed by atoms with Gasteiger partial charge in [-0.3, -0.25) is 0 Å². The summed E-state index contributed by atoms with van der Waals surface area (Å²) in [6.45, 7) is 1.14. The highest BCUT2D eigenvalue weighted by Crippen LogP contribution is 2.24. The zero-order chi connectivity index (χ0) is 10.1. The largest absolute Gasteiger partial charge is 0.345 e. The van der Waals surface area contributed by atoms with Gasteiger partial charge in [0.25, 0.3) is 0 Å². The molecular weight excluding hydrogens is 186 g/mol. The summed E-state index contributed by atoms with van der Waals surface area (Å²) in [5.74, 6) is 0. The van der Waals surface area contributed by atoms with Gasteiger partial charge >= 0.3 is 0 Å². The Balaban J connectivity index is 1.95. The molecular formula is C12H15N3. The molecule has 2 N–H and O–H groups in total. The lowest BCUT2D eigenvalue weighted by Gasteiger charge is -2.23. The Labute approximate surface area is 88.9 Å². The van der Waals surface area contributed by atoms with Gasteiger partial charge in [-0.15, -0.1) is 0 Å². The molecule has 3 heteroatoms. The number of aromatic nitrogens is 2. The number of rotatable bonds is 1. The van der Waals surface area contributed by atoms with Crippen LogP contribution in [0, 0.1) is 0 Å². The second kappa shape index (κ2) is 3.66. The van der Waals surface area contributed by atoms with Crippen molar-refractivity contribution in [3.05, 3.63) is 30.1 Å². The van der Waals surface area contributed by atoms with Crippen molar-refractivity contribution < 1.29 is 0 Å². The van der Waals surface area contributed by atoms with E-state index in [1.807, 2.05) is 0 Å². The Kier molecular flexibility index (Phi) is 2.18. The van der Waals surface area contributed by atoms with Gasteiger partial charge < -0.3 is 10.3 Å². The lowest BCUT2D eigenvalue weighted by molar-refractivity contribution is 0.412. The third kappa shape index (κ3) is 1.63. The topological polar surface area (TPSA) is 40.7 Å². The summed E-state index contributed by atoms with van der Waals surface area (Å²) in [6, 6.07) is 7.03. The third-order valence-electron chi connectivity index (χ3n) is 3.16. The minimum absolute atomic E-state index is 0.534. The van der Waals surface area contributed by atoms with Gasteiger partial charge in [-0.25, -0.2) is 4.98 Å². The van der Waals surface area contributed by atoms with Gasteiger partial charge in [-0.1, -0.05) is 12.5 Å². The van der Waals surface area contributed by atoms with E-state index in [2.05, 4.69) is 33.5 Å². The van der Waals surface area contributed by atoms with E-state index in [0.717, 1.165) is 17.6 Å². The summed E-state index contributed by atoms with van der Waals surface area (Å²) in [6.07, 6.45) is 5.64. The van der Waals surface area contributed by atoms with Crippen molar-refractivity contribution in [3.63, 3.8) is 0 Å². The Morgan fingerprint density at radius 1 is 1.27 bits per heavy atom. The summed E-state index contributed by atoms with van der Waals surface area (Å²) in [7, 11) is 0. The molecule has 1 aromatic carbocycles.